The summed E-state index contributed by atoms with van der Waals surface area (Å²) in [7, 11) is -3.37. The summed E-state index contributed by atoms with van der Waals surface area (Å²) in [6.07, 6.45) is 6.23. The maximum Gasteiger partial charge on any atom is 0.328 e. The molecule has 0 bridgehead atoms. The summed E-state index contributed by atoms with van der Waals surface area (Å²) in [5.41, 5.74) is 0.535. The number of thiazole rings is 1. The number of nitrogens with one attached hydrogen (secondary N) is 1. The van der Waals surface area contributed by atoms with Gasteiger partial charge in [0.15, 0.2) is 15.0 Å². The van der Waals surface area contributed by atoms with Crippen LogP contribution in [0.5, 0.6) is 0 Å². The van der Waals surface area contributed by atoms with E-state index in [1.54, 1.807) is 12.1 Å². The number of rotatable bonds is 10. The molecule has 14 heteroatoms. The van der Waals surface area contributed by atoms with Crippen molar-refractivity contribution in [2.45, 2.75) is 37.0 Å². The third-order valence-corrected chi connectivity index (χ3v) is 8.34. The van der Waals surface area contributed by atoms with Crippen LogP contribution in [-0.4, -0.2) is 58.6 Å². The van der Waals surface area contributed by atoms with E-state index in [4.69, 9.17) is 5.11 Å². The number of aliphatic carboxylic acids is 1. The minimum absolute atomic E-state index is 0.153. The van der Waals surface area contributed by atoms with Gasteiger partial charge in [-0.05, 0) is 43.0 Å². The first-order valence-corrected chi connectivity index (χ1v) is 14.3. The second-order valence-electron chi connectivity index (χ2n) is 7.94. The van der Waals surface area contributed by atoms with E-state index in [-0.39, 0.29) is 28.0 Å². The summed E-state index contributed by atoms with van der Waals surface area (Å²) in [6, 6.07) is 5.61. The summed E-state index contributed by atoms with van der Waals surface area (Å²) in [5, 5.41) is 11.9. The van der Waals surface area contributed by atoms with Gasteiger partial charge < -0.3 is 5.11 Å². The van der Waals surface area contributed by atoms with Crippen LogP contribution in [0.1, 0.15) is 32.1 Å². The van der Waals surface area contributed by atoms with Crippen LogP contribution < -0.4 is 14.5 Å². The van der Waals surface area contributed by atoms with E-state index in [1.807, 2.05) is 0 Å². The van der Waals surface area contributed by atoms with Crippen LogP contribution in [0.2, 0.25) is 0 Å². The lowest BCUT2D eigenvalue weighted by atomic mass is 10.1. The second kappa shape index (κ2) is 11.3. The number of anilines is 3. The van der Waals surface area contributed by atoms with Gasteiger partial charge in [0.1, 0.15) is 5.00 Å². The van der Waals surface area contributed by atoms with Crippen molar-refractivity contribution in [3.05, 3.63) is 30.5 Å². The molecular weight excluding hydrogens is 504 g/mol. The summed E-state index contributed by atoms with van der Waals surface area (Å²) < 4.78 is 45.6. The molecule has 11 nitrogen and oxygen atoms in total. The Hall–Kier alpha value is -2.55. The van der Waals surface area contributed by atoms with Crippen LogP contribution in [0.3, 0.4) is 0 Å². The van der Waals surface area contributed by atoms with Crippen molar-refractivity contribution < 1.29 is 31.9 Å². The van der Waals surface area contributed by atoms with Crippen LogP contribution in [0.4, 0.5) is 20.6 Å². The highest BCUT2D eigenvalue weighted by atomic mass is 32.2. The average Bonchev–Trinajstić information content (AvgIpc) is 3.43. The fourth-order valence-corrected chi connectivity index (χ4v) is 5.81. The number of aromatic nitrogens is 1. The predicted octanol–water partition coefficient (Wildman–Crippen LogP) is 3.19. The van der Waals surface area contributed by atoms with Crippen molar-refractivity contribution in [2.75, 3.05) is 33.9 Å². The summed E-state index contributed by atoms with van der Waals surface area (Å²) >= 11 is -1.51. The van der Waals surface area contributed by atoms with E-state index < -0.39 is 33.1 Å². The van der Waals surface area contributed by atoms with Crippen molar-refractivity contribution in [3.63, 3.8) is 0 Å². The number of amides is 2. The lowest BCUT2D eigenvalue weighted by molar-refractivity contribution is -0.136. The van der Waals surface area contributed by atoms with Crippen molar-refractivity contribution in [2.24, 2.45) is 5.92 Å². The maximum atomic E-state index is 13.2. The monoisotopic (exact) mass is 530 g/mol. The highest BCUT2D eigenvalue weighted by molar-refractivity contribution is 7.90. The largest absolute Gasteiger partial charge is 0.481 e. The molecule has 1 atom stereocenters. The van der Waals surface area contributed by atoms with Crippen LogP contribution in [-0.2, 0) is 25.9 Å². The fourth-order valence-electron chi connectivity index (χ4n) is 3.69. The van der Waals surface area contributed by atoms with Gasteiger partial charge in [-0.25, -0.2) is 22.4 Å². The lowest BCUT2D eigenvalue weighted by Gasteiger charge is -2.26. The minimum Gasteiger partial charge on any atom is -0.481 e. The highest BCUT2D eigenvalue weighted by Crippen LogP contribution is 2.31. The average molecular weight is 531 g/mol. The zero-order valence-electron chi connectivity index (χ0n) is 18.4. The minimum atomic E-state index is -3.37. The Morgan fingerprint density at radius 1 is 1.24 bits per heavy atom. The molecule has 1 unspecified atom stereocenters. The fraction of sp³-hybridized carbons (Fsp3) is 0.450. The third-order valence-electron chi connectivity index (χ3n) is 5.41. The Balaban J connectivity index is 1.79. The Kier molecular flexibility index (Phi) is 8.62. The molecular formula is C20H26N4O7S3. The Morgan fingerprint density at radius 3 is 2.44 bits per heavy atom. The number of carbonyl (C=O) groups is 2. The first-order chi connectivity index (χ1) is 16.0. The molecule has 2 amide bonds. The Labute approximate surface area is 204 Å². The van der Waals surface area contributed by atoms with Gasteiger partial charge in [0, 0.05) is 25.0 Å². The molecule has 3 rings (SSSR count). The molecule has 0 aliphatic heterocycles. The second-order valence-corrected chi connectivity index (χ2v) is 11.9. The van der Waals surface area contributed by atoms with Crippen molar-refractivity contribution >= 4 is 60.3 Å². The van der Waals surface area contributed by atoms with Crippen molar-refractivity contribution in [1.29, 1.82) is 0 Å². The molecule has 1 aromatic carbocycles. The van der Waals surface area contributed by atoms with Crippen LogP contribution in [0.15, 0.2) is 35.4 Å². The van der Waals surface area contributed by atoms with E-state index in [2.05, 4.69) is 10.3 Å². The van der Waals surface area contributed by atoms with Crippen molar-refractivity contribution in [1.82, 2.24) is 4.98 Å². The van der Waals surface area contributed by atoms with E-state index in [1.165, 1.54) is 23.2 Å². The molecule has 1 aliphatic carbocycles. The number of carboxylic acid groups (broad SMARTS) is 1. The van der Waals surface area contributed by atoms with Crippen LogP contribution in [0, 0.1) is 5.92 Å². The molecule has 0 radical (unpaired) electrons. The van der Waals surface area contributed by atoms with E-state index in [0.29, 0.717) is 18.2 Å². The molecule has 1 saturated carbocycles. The smallest absolute Gasteiger partial charge is 0.328 e. The number of benzene rings is 1. The number of hydrogen-bond donors (Lipinski definition) is 3. The summed E-state index contributed by atoms with van der Waals surface area (Å²) in [4.78, 5) is 29.8. The van der Waals surface area contributed by atoms with Gasteiger partial charge in [0.25, 0.3) is 11.3 Å². The normalized spacial score (nSPS) is 15.1. The first-order valence-electron chi connectivity index (χ1n) is 10.5. The first kappa shape index (κ1) is 26.1. The number of nitrogens with zero attached hydrogens (tertiary/aromatic N) is 3. The van der Waals surface area contributed by atoms with Crippen LogP contribution >= 0.6 is 11.3 Å². The highest BCUT2D eigenvalue weighted by Gasteiger charge is 2.25. The van der Waals surface area contributed by atoms with Gasteiger partial charge in [0.2, 0.25) is 0 Å². The molecule has 186 valence electrons. The van der Waals surface area contributed by atoms with E-state index in [0.717, 1.165) is 47.6 Å². The third kappa shape index (κ3) is 6.98. The molecule has 2 aromatic rings. The molecule has 34 heavy (non-hydrogen) atoms. The van der Waals surface area contributed by atoms with Gasteiger partial charge in [0.05, 0.1) is 17.5 Å². The van der Waals surface area contributed by atoms with Gasteiger partial charge in [-0.3, -0.25) is 23.9 Å². The predicted molar refractivity (Wildman–Crippen MR) is 130 cm³/mol. The van der Waals surface area contributed by atoms with Crippen molar-refractivity contribution in [3.8, 4) is 0 Å². The molecule has 0 saturated heterocycles. The zero-order chi connectivity index (χ0) is 24.9. The maximum absolute atomic E-state index is 13.2. The summed E-state index contributed by atoms with van der Waals surface area (Å²) in [6.45, 7) is 0.252. The Bertz CT molecular complexity index is 1150. The molecule has 0 spiro atoms. The molecule has 1 fully saturated rings. The summed E-state index contributed by atoms with van der Waals surface area (Å²) in [5.74, 6) is -0.798. The number of carbonyl (C=O) groups excluding carboxylic acids is 1. The standard InChI is InChI=1S/C20H26N4O7S3/c1-34(30,31)16-8-6-15(7-9-16)23(13-14-4-2-3-5-14)20(27)22-19-21-12-17(32-19)24(33(28)29)11-10-18(25)26/h6-9,12,14H,2-5,10-11,13H2,1H3,(H,25,26)(H,28,29)(H,21,22,27). The molecule has 1 heterocycles. The number of hydrogen-bond acceptors (Lipinski definition) is 7. The van der Waals surface area contributed by atoms with Gasteiger partial charge in [-0.1, -0.05) is 24.2 Å². The number of sulfone groups is 1. The number of urea groups is 1. The topological polar surface area (TPSA) is 157 Å². The lowest BCUT2D eigenvalue weighted by Crippen LogP contribution is -2.38. The zero-order valence-corrected chi connectivity index (χ0v) is 20.9. The van der Waals surface area contributed by atoms with E-state index >= 15 is 0 Å². The van der Waals surface area contributed by atoms with Gasteiger partial charge in [-0.2, -0.15) is 0 Å². The molecule has 1 aliphatic rings. The van der Waals surface area contributed by atoms with Gasteiger partial charge in [-0.15, -0.1) is 0 Å². The quantitative estimate of drug-likeness (QED) is 0.395. The number of carboxylic acids is 1. The SMILES string of the molecule is CS(=O)(=O)c1ccc(N(CC2CCCC2)C(=O)Nc2ncc(N(CCC(=O)O)S(=O)O)s2)cc1. The molecule has 1 aromatic heterocycles. The van der Waals surface area contributed by atoms with Crippen LogP contribution in [0.25, 0.3) is 0 Å². The van der Waals surface area contributed by atoms with Gasteiger partial charge >= 0.3 is 12.0 Å². The Morgan fingerprint density at radius 2 is 1.88 bits per heavy atom. The molecule has 3 N–H and O–H groups in total. The van der Waals surface area contributed by atoms with E-state index in [9.17, 15) is 26.8 Å².